The lowest BCUT2D eigenvalue weighted by atomic mass is 10.1. The Morgan fingerprint density at radius 3 is 2.65 bits per heavy atom. The highest BCUT2D eigenvalue weighted by Gasteiger charge is 2.26. The van der Waals surface area contributed by atoms with Crippen LogP contribution in [0.25, 0.3) is 0 Å². The molecule has 140 valence electrons. The molecule has 3 rings (SSSR count). The van der Waals surface area contributed by atoms with Gasteiger partial charge in [-0.2, -0.15) is 0 Å². The van der Waals surface area contributed by atoms with Crippen molar-refractivity contribution in [1.29, 1.82) is 0 Å². The molecule has 1 aliphatic rings. The molecule has 5 nitrogen and oxygen atoms in total. The molecular formula is C18H19Cl2FN2O3. The molecule has 8 heteroatoms. The molecule has 26 heavy (non-hydrogen) atoms. The zero-order valence-electron chi connectivity index (χ0n) is 14.2. The van der Waals surface area contributed by atoms with Crippen LogP contribution in [0.4, 0.5) is 4.39 Å². The number of nitrogens with zero attached hydrogens (tertiary/aromatic N) is 1. The number of hydrogen-bond acceptors (Lipinski definition) is 4. The van der Waals surface area contributed by atoms with Gasteiger partial charge in [-0.1, -0.05) is 23.2 Å². The van der Waals surface area contributed by atoms with Gasteiger partial charge < -0.3 is 14.5 Å². The molecule has 1 N–H and O–H groups in total. The predicted molar refractivity (Wildman–Crippen MR) is 97.3 cm³/mol. The first-order valence-corrected chi connectivity index (χ1v) is 9.02. The van der Waals surface area contributed by atoms with Gasteiger partial charge in [-0.25, -0.2) is 4.39 Å². The summed E-state index contributed by atoms with van der Waals surface area (Å²) in [5, 5.41) is 2.80. The van der Waals surface area contributed by atoms with E-state index < -0.39 is 11.7 Å². The summed E-state index contributed by atoms with van der Waals surface area (Å²) < 4.78 is 24.8. The molecule has 0 radical (unpaired) electrons. The molecule has 2 heterocycles. The fourth-order valence-electron chi connectivity index (χ4n) is 2.91. The van der Waals surface area contributed by atoms with E-state index >= 15 is 0 Å². The van der Waals surface area contributed by atoms with Crippen LogP contribution < -0.4 is 5.32 Å². The lowest BCUT2D eigenvalue weighted by molar-refractivity contribution is 0.0117. The first kappa shape index (κ1) is 19.2. The average Bonchev–Trinajstić information content (AvgIpc) is 3.05. The highest BCUT2D eigenvalue weighted by atomic mass is 35.5. The van der Waals surface area contributed by atoms with Crippen molar-refractivity contribution in [3.05, 3.63) is 57.2 Å². The molecule has 1 amide bonds. The maximum Gasteiger partial charge on any atom is 0.252 e. The largest absolute Gasteiger partial charge is 0.465 e. The second-order valence-electron chi connectivity index (χ2n) is 6.07. The van der Waals surface area contributed by atoms with E-state index in [1.165, 1.54) is 6.07 Å². The summed E-state index contributed by atoms with van der Waals surface area (Å²) in [6.07, 6.45) is 0. The van der Waals surface area contributed by atoms with Gasteiger partial charge in [0, 0.05) is 19.6 Å². The van der Waals surface area contributed by atoms with Gasteiger partial charge >= 0.3 is 0 Å². The van der Waals surface area contributed by atoms with E-state index in [0.29, 0.717) is 19.8 Å². The molecule has 0 spiro atoms. The monoisotopic (exact) mass is 400 g/mol. The van der Waals surface area contributed by atoms with Crippen LogP contribution >= 0.6 is 23.2 Å². The molecule has 1 atom stereocenters. The van der Waals surface area contributed by atoms with Gasteiger partial charge in [0.1, 0.15) is 17.3 Å². The molecule has 0 bridgehead atoms. The van der Waals surface area contributed by atoms with E-state index in [-0.39, 0.29) is 21.7 Å². The molecule has 0 saturated carbocycles. The van der Waals surface area contributed by atoms with Crippen molar-refractivity contribution in [2.24, 2.45) is 0 Å². The average molecular weight is 401 g/mol. The molecule has 2 aromatic rings. The number of rotatable bonds is 5. The SMILES string of the molecule is Cc1ccc(C(CNC(=O)c2cc(F)c(Cl)cc2Cl)N2CCOCC2)o1. The number of hydrogen-bond donors (Lipinski definition) is 1. The van der Waals surface area contributed by atoms with Crippen LogP contribution in [0.2, 0.25) is 10.0 Å². The molecule has 1 aromatic carbocycles. The number of carbonyl (C=O) groups excluding carboxylic acids is 1. The Labute approximate surface area is 161 Å². The minimum absolute atomic E-state index is 0.0462. The van der Waals surface area contributed by atoms with Crippen LogP contribution in [0.3, 0.4) is 0 Å². The van der Waals surface area contributed by atoms with Crippen LogP contribution in [0.1, 0.15) is 27.9 Å². The maximum atomic E-state index is 13.7. The maximum absolute atomic E-state index is 13.7. The van der Waals surface area contributed by atoms with Crippen molar-refractivity contribution < 1.29 is 18.3 Å². The summed E-state index contributed by atoms with van der Waals surface area (Å²) in [6, 6.07) is 5.91. The second-order valence-corrected chi connectivity index (χ2v) is 6.88. The summed E-state index contributed by atoms with van der Waals surface area (Å²) in [5.74, 6) is 0.408. The van der Waals surface area contributed by atoms with Crippen molar-refractivity contribution in [1.82, 2.24) is 10.2 Å². The predicted octanol–water partition coefficient (Wildman–Crippen LogP) is 3.84. The number of aryl methyl sites for hydroxylation is 1. The summed E-state index contributed by atoms with van der Waals surface area (Å²) in [6.45, 7) is 4.88. The second kappa shape index (κ2) is 8.39. The standard InChI is InChI=1S/C18H19Cl2FN2O3/c1-11-2-3-17(26-11)16(23-4-6-25-7-5-23)10-22-18(24)12-8-15(21)14(20)9-13(12)19/h2-3,8-9,16H,4-7,10H2,1H3,(H,22,24). The molecule has 1 aliphatic heterocycles. The zero-order valence-corrected chi connectivity index (χ0v) is 15.7. The van der Waals surface area contributed by atoms with Crippen LogP contribution in [0, 0.1) is 12.7 Å². The number of amides is 1. The van der Waals surface area contributed by atoms with E-state index in [9.17, 15) is 9.18 Å². The number of furan rings is 1. The number of nitrogens with one attached hydrogen (secondary N) is 1. The van der Waals surface area contributed by atoms with Gasteiger partial charge in [0.25, 0.3) is 5.91 Å². The highest BCUT2D eigenvalue weighted by molar-refractivity contribution is 6.36. The Morgan fingerprint density at radius 1 is 1.27 bits per heavy atom. The minimum atomic E-state index is -0.687. The zero-order chi connectivity index (χ0) is 18.7. The summed E-state index contributed by atoms with van der Waals surface area (Å²) >= 11 is 11.7. The first-order valence-electron chi connectivity index (χ1n) is 8.26. The van der Waals surface area contributed by atoms with Gasteiger partial charge in [0.2, 0.25) is 0 Å². The Kier molecular flexibility index (Phi) is 6.19. The van der Waals surface area contributed by atoms with Gasteiger partial charge in [-0.05, 0) is 31.2 Å². The highest BCUT2D eigenvalue weighted by Crippen LogP contribution is 2.26. The summed E-state index contributed by atoms with van der Waals surface area (Å²) in [4.78, 5) is 14.7. The summed E-state index contributed by atoms with van der Waals surface area (Å²) in [7, 11) is 0. The molecule has 1 unspecified atom stereocenters. The number of morpholine rings is 1. The van der Waals surface area contributed by atoms with Crippen molar-refractivity contribution in [3.63, 3.8) is 0 Å². The number of halogens is 3. The molecule has 0 aliphatic carbocycles. The number of benzene rings is 1. The van der Waals surface area contributed by atoms with Crippen molar-refractivity contribution in [2.75, 3.05) is 32.8 Å². The van der Waals surface area contributed by atoms with Gasteiger partial charge in [-0.15, -0.1) is 0 Å². The fraction of sp³-hybridized carbons (Fsp3) is 0.389. The van der Waals surface area contributed by atoms with E-state index in [4.69, 9.17) is 32.4 Å². The smallest absolute Gasteiger partial charge is 0.252 e. The quantitative estimate of drug-likeness (QED) is 0.774. The van der Waals surface area contributed by atoms with E-state index in [0.717, 1.165) is 30.7 Å². The Morgan fingerprint density at radius 2 is 2.00 bits per heavy atom. The third-order valence-corrected chi connectivity index (χ3v) is 4.89. The third kappa shape index (κ3) is 4.38. The molecule has 1 saturated heterocycles. The molecular weight excluding hydrogens is 382 g/mol. The van der Waals surface area contributed by atoms with Crippen molar-refractivity contribution in [3.8, 4) is 0 Å². The Balaban J connectivity index is 1.75. The van der Waals surface area contributed by atoms with Crippen molar-refractivity contribution >= 4 is 29.1 Å². The molecule has 1 fully saturated rings. The number of ether oxygens (including phenoxy) is 1. The van der Waals surface area contributed by atoms with E-state index in [1.807, 2.05) is 19.1 Å². The van der Waals surface area contributed by atoms with E-state index in [2.05, 4.69) is 10.2 Å². The van der Waals surface area contributed by atoms with Crippen LogP contribution in [0.15, 0.2) is 28.7 Å². The van der Waals surface area contributed by atoms with Gasteiger partial charge in [0.05, 0.1) is 34.9 Å². The van der Waals surface area contributed by atoms with Gasteiger partial charge in [0.15, 0.2) is 0 Å². The van der Waals surface area contributed by atoms with Crippen molar-refractivity contribution in [2.45, 2.75) is 13.0 Å². The van der Waals surface area contributed by atoms with Crippen LogP contribution in [-0.4, -0.2) is 43.7 Å². The third-order valence-electron chi connectivity index (χ3n) is 4.29. The lowest BCUT2D eigenvalue weighted by Gasteiger charge is -2.33. The number of carbonyl (C=O) groups is 1. The normalized spacial score (nSPS) is 16.5. The molecule has 1 aromatic heterocycles. The van der Waals surface area contributed by atoms with Crippen LogP contribution in [0.5, 0.6) is 0 Å². The Hall–Kier alpha value is -1.60. The van der Waals surface area contributed by atoms with Gasteiger partial charge in [-0.3, -0.25) is 9.69 Å². The lowest BCUT2D eigenvalue weighted by Crippen LogP contribution is -2.43. The van der Waals surface area contributed by atoms with Crippen LogP contribution in [-0.2, 0) is 4.74 Å². The Bertz CT molecular complexity index is 791. The summed E-state index contributed by atoms with van der Waals surface area (Å²) in [5.41, 5.74) is 0.0462. The van der Waals surface area contributed by atoms with E-state index in [1.54, 1.807) is 0 Å². The minimum Gasteiger partial charge on any atom is -0.465 e. The fourth-order valence-corrected chi connectivity index (χ4v) is 3.38. The topological polar surface area (TPSA) is 54.7 Å². The first-order chi connectivity index (χ1) is 12.5.